The van der Waals surface area contributed by atoms with E-state index in [0.717, 1.165) is 50.2 Å². The van der Waals surface area contributed by atoms with Crippen molar-refractivity contribution in [2.24, 2.45) is 10.9 Å². The van der Waals surface area contributed by atoms with Crippen LogP contribution in [0.1, 0.15) is 26.2 Å². The number of carbonyl (C=O) groups excluding carboxylic acids is 1. The van der Waals surface area contributed by atoms with Gasteiger partial charge < -0.3 is 14.8 Å². The average molecular weight is 373 g/mol. The SMILES string of the molecule is CCOC1=C(OCC2CCN(CC(C=O)=N/C=C\NC)CC2)CC=CC=C1. The molecule has 0 atom stereocenters. The highest BCUT2D eigenvalue weighted by atomic mass is 16.5. The number of hydrogen-bond donors (Lipinski definition) is 1. The third kappa shape index (κ3) is 7.43. The number of allylic oxidation sites excluding steroid dienone is 4. The Morgan fingerprint density at radius 1 is 1.33 bits per heavy atom. The summed E-state index contributed by atoms with van der Waals surface area (Å²) < 4.78 is 11.8. The molecular formula is C21H31N3O3. The van der Waals surface area contributed by atoms with Crippen LogP contribution in [0.3, 0.4) is 0 Å². The Kier molecular flexibility index (Phi) is 9.41. The lowest BCUT2D eigenvalue weighted by Gasteiger charge is -2.31. The Morgan fingerprint density at radius 2 is 2.15 bits per heavy atom. The van der Waals surface area contributed by atoms with Gasteiger partial charge in [0.15, 0.2) is 12.0 Å². The number of carbonyl (C=O) groups is 1. The lowest BCUT2D eigenvalue weighted by atomic mass is 9.97. The third-order valence-corrected chi connectivity index (χ3v) is 4.58. The quantitative estimate of drug-likeness (QED) is 0.471. The molecule has 1 saturated heterocycles. The molecule has 27 heavy (non-hydrogen) atoms. The van der Waals surface area contributed by atoms with Crippen LogP contribution in [0.25, 0.3) is 0 Å². The Labute approximate surface area is 162 Å². The fraction of sp³-hybridized carbons (Fsp3) is 0.524. The highest BCUT2D eigenvalue weighted by Crippen LogP contribution is 2.22. The number of ether oxygens (including phenoxy) is 2. The molecule has 148 valence electrons. The van der Waals surface area contributed by atoms with Gasteiger partial charge >= 0.3 is 0 Å². The van der Waals surface area contributed by atoms with Crippen molar-refractivity contribution >= 4 is 12.0 Å². The van der Waals surface area contributed by atoms with E-state index in [0.29, 0.717) is 31.4 Å². The monoisotopic (exact) mass is 373 g/mol. The summed E-state index contributed by atoms with van der Waals surface area (Å²) in [5.74, 6) is 2.27. The maximum absolute atomic E-state index is 11.2. The molecule has 6 nitrogen and oxygen atoms in total. The molecule has 6 heteroatoms. The van der Waals surface area contributed by atoms with Crippen LogP contribution in [0, 0.1) is 5.92 Å². The minimum Gasteiger partial charge on any atom is -0.493 e. The zero-order chi connectivity index (χ0) is 19.3. The topological polar surface area (TPSA) is 63.2 Å². The summed E-state index contributed by atoms with van der Waals surface area (Å²) in [5, 5.41) is 2.86. The molecule has 0 amide bonds. The lowest BCUT2D eigenvalue weighted by Crippen LogP contribution is -2.38. The highest BCUT2D eigenvalue weighted by Gasteiger charge is 2.21. The molecule has 0 saturated carbocycles. The molecule has 2 rings (SSSR count). The van der Waals surface area contributed by atoms with Gasteiger partial charge in [0, 0.05) is 32.4 Å². The predicted octanol–water partition coefficient (Wildman–Crippen LogP) is 2.81. The second-order valence-corrected chi connectivity index (χ2v) is 6.59. The number of likely N-dealkylation sites (tertiary alicyclic amines) is 1. The summed E-state index contributed by atoms with van der Waals surface area (Å²) in [7, 11) is 1.80. The fourth-order valence-electron chi connectivity index (χ4n) is 3.08. The van der Waals surface area contributed by atoms with Crippen molar-refractivity contribution in [3.8, 4) is 0 Å². The molecule has 1 aliphatic carbocycles. The minimum atomic E-state index is 0.522. The van der Waals surface area contributed by atoms with E-state index < -0.39 is 0 Å². The number of aliphatic imine (C=N–C) groups is 1. The van der Waals surface area contributed by atoms with Crippen LogP contribution in [-0.4, -0.2) is 56.8 Å². The first-order valence-electron chi connectivity index (χ1n) is 9.65. The lowest BCUT2D eigenvalue weighted by molar-refractivity contribution is -0.102. The fourth-order valence-corrected chi connectivity index (χ4v) is 3.08. The number of aldehydes is 1. The summed E-state index contributed by atoms with van der Waals surface area (Å²) in [4.78, 5) is 17.6. The predicted molar refractivity (Wildman–Crippen MR) is 108 cm³/mol. The van der Waals surface area contributed by atoms with Crippen molar-refractivity contribution in [2.75, 3.05) is 39.9 Å². The van der Waals surface area contributed by atoms with E-state index in [1.807, 2.05) is 25.2 Å². The van der Waals surface area contributed by atoms with E-state index in [2.05, 4.69) is 21.3 Å². The van der Waals surface area contributed by atoms with Gasteiger partial charge in [-0.2, -0.15) is 0 Å². The van der Waals surface area contributed by atoms with Crippen LogP contribution in [0.2, 0.25) is 0 Å². The first kappa shape index (κ1) is 21.0. The molecule has 1 heterocycles. The van der Waals surface area contributed by atoms with Gasteiger partial charge in [0.25, 0.3) is 0 Å². The van der Waals surface area contributed by atoms with E-state index in [9.17, 15) is 4.79 Å². The van der Waals surface area contributed by atoms with Crippen LogP contribution in [0.5, 0.6) is 0 Å². The maximum atomic E-state index is 11.2. The second-order valence-electron chi connectivity index (χ2n) is 6.59. The van der Waals surface area contributed by atoms with Gasteiger partial charge in [0.1, 0.15) is 5.76 Å². The van der Waals surface area contributed by atoms with Gasteiger partial charge in [0.2, 0.25) is 0 Å². The number of nitrogens with one attached hydrogen (secondary N) is 1. The van der Waals surface area contributed by atoms with Crippen molar-refractivity contribution < 1.29 is 14.3 Å². The van der Waals surface area contributed by atoms with Crippen molar-refractivity contribution in [1.82, 2.24) is 10.2 Å². The van der Waals surface area contributed by atoms with Crippen LogP contribution in [0.4, 0.5) is 0 Å². The molecule has 0 aromatic rings. The summed E-state index contributed by atoms with van der Waals surface area (Å²) >= 11 is 0. The Bertz CT molecular complexity index is 612. The molecule has 1 aliphatic heterocycles. The van der Waals surface area contributed by atoms with E-state index in [4.69, 9.17) is 9.47 Å². The molecular weight excluding hydrogens is 342 g/mol. The minimum absolute atomic E-state index is 0.522. The van der Waals surface area contributed by atoms with Crippen molar-refractivity contribution in [3.63, 3.8) is 0 Å². The maximum Gasteiger partial charge on any atom is 0.165 e. The number of hydrogen-bond acceptors (Lipinski definition) is 6. The Balaban J connectivity index is 1.79. The zero-order valence-corrected chi connectivity index (χ0v) is 16.4. The second kappa shape index (κ2) is 12.1. The molecule has 0 aromatic heterocycles. The summed E-state index contributed by atoms with van der Waals surface area (Å²) in [6, 6.07) is 0. The molecule has 0 aromatic carbocycles. The van der Waals surface area contributed by atoms with Gasteiger partial charge in [-0.3, -0.25) is 14.7 Å². The number of rotatable bonds is 10. The van der Waals surface area contributed by atoms with Gasteiger partial charge in [0.05, 0.1) is 18.9 Å². The largest absolute Gasteiger partial charge is 0.493 e. The summed E-state index contributed by atoms with van der Waals surface area (Å²) in [5.41, 5.74) is 0.555. The summed E-state index contributed by atoms with van der Waals surface area (Å²) in [6.07, 6.45) is 15.1. The van der Waals surface area contributed by atoms with Crippen LogP contribution >= 0.6 is 0 Å². The zero-order valence-electron chi connectivity index (χ0n) is 16.4. The molecule has 0 bridgehead atoms. The summed E-state index contributed by atoms with van der Waals surface area (Å²) in [6.45, 7) is 5.83. The molecule has 0 radical (unpaired) electrons. The van der Waals surface area contributed by atoms with Gasteiger partial charge in [-0.1, -0.05) is 18.2 Å². The molecule has 0 spiro atoms. The van der Waals surface area contributed by atoms with Crippen molar-refractivity contribution in [2.45, 2.75) is 26.2 Å². The Hall–Kier alpha value is -2.34. The van der Waals surface area contributed by atoms with Crippen LogP contribution in [-0.2, 0) is 14.3 Å². The van der Waals surface area contributed by atoms with Crippen molar-refractivity contribution in [3.05, 3.63) is 48.2 Å². The standard InChI is InChI=1S/C21H31N3O3/c1-3-26-20-7-5-4-6-8-21(20)27-17-18-9-13-24(14-10-18)15-19(16-25)23-12-11-22-2/h4-7,11-12,16,18,22H,3,8-10,13-15,17H2,1-2H3/b12-11-,23-19?. The molecule has 1 N–H and O–H groups in total. The Morgan fingerprint density at radius 3 is 2.85 bits per heavy atom. The van der Waals surface area contributed by atoms with Gasteiger partial charge in [-0.25, -0.2) is 0 Å². The van der Waals surface area contributed by atoms with Crippen molar-refractivity contribution in [1.29, 1.82) is 0 Å². The van der Waals surface area contributed by atoms with E-state index in [-0.39, 0.29) is 0 Å². The van der Waals surface area contributed by atoms with Gasteiger partial charge in [-0.15, -0.1) is 0 Å². The molecule has 2 aliphatic rings. The van der Waals surface area contributed by atoms with Crippen LogP contribution in [0.15, 0.2) is 53.2 Å². The highest BCUT2D eigenvalue weighted by molar-refractivity contribution is 6.29. The van der Waals surface area contributed by atoms with E-state index in [1.165, 1.54) is 0 Å². The van der Waals surface area contributed by atoms with Crippen LogP contribution < -0.4 is 5.32 Å². The third-order valence-electron chi connectivity index (χ3n) is 4.58. The number of nitrogens with zero attached hydrogens (tertiary/aromatic N) is 2. The first-order chi connectivity index (χ1) is 13.3. The smallest absolute Gasteiger partial charge is 0.165 e. The van der Waals surface area contributed by atoms with E-state index in [1.54, 1.807) is 19.4 Å². The first-order valence-corrected chi connectivity index (χ1v) is 9.65. The van der Waals surface area contributed by atoms with Gasteiger partial charge in [-0.05, 0) is 44.8 Å². The molecule has 0 unspecified atom stereocenters. The number of piperidine rings is 1. The normalized spacial score (nSPS) is 19.4. The molecule has 1 fully saturated rings. The van der Waals surface area contributed by atoms with E-state index >= 15 is 0 Å². The average Bonchev–Trinajstić information content (AvgIpc) is 2.92.